The molecule has 19 heavy (non-hydrogen) atoms. The van der Waals surface area contributed by atoms with Crippen LogP contribution in [0.3, 0.4) is 0 Å². The molecular formula is C14H22N2O3. The van der Waals surface area contributed by atoms with E-state index in [4.69, 9.17) is 5.11 Å². The number of benzene rings is 1. The lowest BCUT2D eigenvalue weighted by molar-refractivity contribution is -0.384. The molecule has 5 heteroatoms. The molecule has 0 radical (unpaired) electrons. The van der Waals surface area contributed by atoms with Crippen molar-refractivity contribution in [1.29, 1.82) is 0 Å². The fourth-order valence-corrected chi connectivity index (χ4v) is 2.00. The Morgan fingerprint density at radius 3 is 2.42 bits per heavy atom. The van der Waals surface area contributed by atoms with Gasteiger partial charge < -0.3 is 10.4 Å². The van der Waals surface area contributed by atoms with Gasteiger partial charge in [-0.2, -0.15) is 0 Å². The lowest BCUT2D eigenvalue weighted by Gasteiger charge is -2.21. The van der Waals surface area contributed by atoms with Gasteiger partial charge in [0.1, 0.15) is 0 Å². The molecule has 1 unspecified atom stereocenters. The van der Waals surface area contributed by atoms with Crippen LogP contribution in [0.15, 0.2) is 24.3 Å². The summed E-state index contributed by atoms with van der Waals surface area (Å²) in [5.74, 6) is 0.476. The fourth-order valence-electron chi connectivity index (χ4n) is 2.00. The van der Waals surface area contributed by atoms with E-state index in [1.165, 1.54) is 12.1 Å². The lowest BCUT2D eigenvalue weighted by atomic mass is 10.0. The summed E-state index contributed by atoms with van der Waals surface area (Å²) in [5, 5.41) is 22.9. The maximum Gasteiger partial charge on any atom is 0.269 e. The number of non-ortho nitro benzene ring substituents is 1. The van der Waals surface area contributed by atoms with Gasteiger partial charge in [0.25, 0.3) is 5.69 Å². The number of aliphatic hydroxyl groups excluding tert-OH is 1. The summed E-state index contributed by atoms with van der Waals surface area (Å²) in [5.41, 5.74) is 1.20. The maximum atomic E-state index is 10.5. The van der Waals surface area contributed by atoms with Crippen molar-refractivity contribution < 1.29 is 10.0 Å². The molecule has 106 valence electrons. The number of nitro groups is 1. The van der Waals surface area contributed by atoms with Crippen LogP contribution in [0.1, 0.15) is 25.8 Å². The van der Waals surface area contributed by atoms with Crippen LogP contribution in [-0.2, 0) is 6.42 Å². The summed E-state index contributed by atoms with van der Waals surface area (Å²) in [6, 6.07) is 6.95. The van der Waals surface area contributed by atoms with Gasteiger partial charge in [0.2, 0.25) is 0 Å². The molecule has 1 aromatic rings. The molecule has 5 nitrogen and oxygen atoms in total. The predicted octanol–water partition coefficient (Wildman–Crippen LogP) is 2.13. The number of nitro benzene ring substituents is 1. The van der Waals surface area contributed by atoms with Crippen LogP contribution < -0.4 is 5.32 Å². The summed E-state index contributed by atoms with van der Waals surface area (Å²) >= 11 is 0. The van der Waals surface area contributed by atoms with Gasteiger partial charge in [0.15, 0.2) is 0 Å². The van der Waals surface area contributed by atoms with E-state index < -0.39 is 4.92 Å². The third-order valence-corrected chi connectivity index (χ3v) is 3.21. The van der Waals surface area contributed by atoms with Crippen molar-refractivity contribution in [3.63, 3.8) is 0 Å². The lowest BCUT2D eigenvalue weighted by Crippen LogP contribution is -2.36. The Hall–Kier alpha value is -1.46. The Kier molecular flexibility index (Phi) is 6.45. The first-order valence-corrected chi connectivity index (χ1v) is 6.62. The van der Waals surface area contributed by atoms with Crippen LogP contribution in [0.4, 0.5) is 5.69 Å². The van der Waals surface area contributed by atoms with Crippen LogP contribution in [0.25, 0.3) is 0 Å². The summed E-state index contributed by atoms with van der Waals surface area (Å²) in [4.78, 5) is 10.1. The van der Waals surface area contributed by atoms with E-state index in [0.29, 0.717) is 12.0 Å². The molecule has 0 spiro atoms. The van der Waals surface area contributed by atoms with Gasteiger partial charge in [0, 0.05) is 24.8 Å². The van der Waals surface area contributed by atoms with Crippen LogP contribution in [0.5, 0.6) is 0 Å². The first-order valence-electron chi connectivity index (χ1n) is 6.62. The first-order chi connectivity index (χ1) is 9.04. The Labute approximate surface area is 113 Å². The van der Waals surface area contributed by atoms with Gasteiger partial charge in [-0.05, 0) is 30.9 Å². The number of hydrogen-bond donors (Lipinski definition) is 2. The highest BCUT2D eigenvalue weighted by Gasteiger charge is 2.11. The van der Waals surface area contributed by atoms with Crippen LogP contribution in [0, 0.1) is 16.0 Å². The highest BCUT2D eigenvalue weighted by molar-refractivity contribution is 5.32. The normalized spacial score (nSPS) is 12.6. The largest absolute Gasteiger partial charge is 0.396 e. The number of rotatable bonds is 8. The molecule has 0 aromatic heterocycles. The quantitative estimate of drug-likeness (QED) is 0.558. The maximum absolute atomic E-state index is 10.5. The summed E-state index contributed by atoms with van der Waals surface area (Å²) in [6.07, 6.45) is 1.57. The Bertz CT molecular complexity index is 390. The van der Waals surface area contributed by atoms with Gasteiger partial charge >= 0.3 is 0 Å². The summed E-state index contributed by atoms with van der Waals surface area (Å²) < 4.78 is 0. The van der Waals surface area contributed by atoms with Crippen molar-refractivity contribution in [3.05, 3.63) is 39.9 Å². The number of nitrogens with one attached hydrogen (secondary N) is 1. The van der Waals surface area contributed by atoms with E-state index >= 15 is 0 Å². The van der Waals surface area contributed by atoms with Crippen molar-refractivity contribution in [1.82, 2.24) is 5.32 Å². The zero-order valence-corrected chi connectivity index (χ0v) is 11.5. The third-order valence-electron chi connectivity index (χ3n) is 3.21. The molecule has 1 aromatic carbocycles. The monoisotopic (exact) mass is 266 g/mol. The smallest absolute Gasteiger partial charge is 0.269 e. The van der Waals surface area contributed by atoms with Gasteiger partial charge in [-0.25, -0.2) is 0 Å². The second kappa shape index (κ2) is 7.86. The minimum Gasteiger partial charge on any atom is -0.396 e. The zero-order chi connectivity index (χ0) is 14.3. The molecule has 1 atom stereocenters. The minimum atomic E-state index is -0.391. The van der Waals surface area contributed by atoms with Crippen molar-refractivity contribution in [2.75, 3.05) is 13.2 Å². The van der Waals surface area contributed by atoms with E-state index in [1.54, 1.807) is 12.1 Å². The van der Waals surface area contributed by atoms with Crippen LogP contribution in [-0.4, -0.2) is 29.2 Å². The number of aliphatic hydroxyl groups is 1. The average Bonchev–Trinajstić information content (AvgIpc) is 2.38. The van der Waals surface area contributed by atoms with Crippen molar-refractivity contribution in [2.45, 2.75) is 32.7 Å². The van der Waals surface area contributed by atoms with Crippen molar-refractivity contribution in [3.8, 4) is 0 Å². The molecule has 0 amide bonds. The van der Waals surface area contributed by atoms with E-state index in [-0.39, 0.29) is 12.3 Å². The second-order valence-corrected chi connectivity index (χ2v) is 4.99. The first kappa shape index (κ1) is 15.6. The minimum absolute atomic E-state index is 0.122. The molecule has 1 rings (SSSR count). The van der Waals surface area contributed by atoms with Gasteiger partial charge in [-0.1, -0.05) is 26.0 Å². The molecule has 0 bridgehead atoms. The fraction of sp³-hybridized carbons (Fsp3) is 0.571. The Morgan fingerprint density at radius 1 is 1.32 bits per heavy atom. The highest BCUT2D eigenvalue weighted by atomic mass is 16.6. The standard InChI is InChI=1S/C14H22N2O3/c1-11(2)14(8-10-17)15-9-7-12-3-5-13(6-4-12)16(18)19/h3-6,11,14-15,17H,7-10H2,1-2H3. The molecule has 0 aliphatic rings. The van der Waals surface area contributed by atoms with Gasteiger partial charge in [-0.15, -0.1) is 0 Å². The van der Waals surface area contributed by atoms with Crippen molar-refractivity contribution in [2.24, 2.45) is 5.92 Å². The SMILES string of the molecule is CC(C)C(CCO)NCCc1ccc([N+](=O)[O-])cc1. The summed E-state index contributed by atoms with van der Waals surface area (Å²) in [7, 11) is 0. The average molecular weight is 266 g/mol. The van der Waals surface area contributed by atoms with E-state index in [2.05, 4.69) is 19.2 Å². The molecule has 0 saturated heterocycles. The highest BCUT2D eigenvalue weighted by Crippen LogP contribution is 2.12. The Morgan fingerprint density at radius 2 is 1.95 bits per heavy atom. The third kappa shape index (κ3) is 5.36. The number of hydrogen-bond acceptors (Lipinski definition) is 4. The van der Waals surface area contributed by atoms with Gasteiger partial charge in [0.05, 0.1) is 4.92 Å². The molecular weight excluding hydrogens is 244 g/mol. The van der Waals surface area contributed by atoms with E-state index in [9.17, 15) is 10.1 Å². The zero-order valence-electron chi connectivity index (χ0n) is 11.5. The number of nitrogens with zero attached hydrogens (tertiary/aromatic N) is 1. The van der Waals surface area contributed by atoms with Crippen LogP contribution >= 0.6 is 0 Å². The Balaban J connectivity index is 2.41. The molecule has 0 heterocycles. The van der Waals surface area contributed by atoms with Crippen LogP contribution in [0.2, 0.25) is 0 Å². The van der Waals surface area contributed by atoms with E-state index in [0.717, 1.165) is 24.9 Å². The molecule has 0 fully saturated rings. The van der Waals surface area contributed by atoms with E-state index in [1.807, 2.05) is 0 Å². The molecule has 2 N–H and O–H groups in total. The van der Waals surface area contributed by atoms with Crippen molar-refractivity contribution >= 4 is 5.69 Å². The molecule has 0 aliphatic heterocycles. The van der Waals surface area contributed by atoms with Gasteiger partial charge in [-0.3, -0.25) is 10.1 Å². The topological polar surface area (TPSA) is 75.4 Å². The predicted molar refractivity (Wildman–Crippen MR) is 75.1 cm³/mol. The molecule has 0 saturated carbocycles. The second-order valence-electron chi connectivity index (χ2n) is 4.99. The molecule has 0 aliphatic carbocycles. The summed E-state index contributed by atoms with van der Waals surface area (Å²) in [6.45, 7) is 5.24.